The van der Waals surface area contributed by atoms with Crippen molar-refractivity contribution in [3.8, 4) is 0 Å². The second kappa shape index (κ2) is 4.84. The lowest BCUT2D eigenvalue weighted by atomic mass is 10.0. The van der Waals surface area contributed by atoms with Gasteiger partial charge in [-0.1, -0.05) is 13.3 Å². The molecule has 1 aromatic rings. The molecule has 0 fully saturated rings. The quantitative estimate of drug-likeness (QED) is 0.828. The first-order valence-electron chi connectivity index (χ1n) is 4.38. The van der Waals surface area contributed by atoms with Crippen molar-refractivity contribution in [1.29, 1.82) is 0 Å². The Labute approximate surface area is 89.9 Å². The van der Waals surface area contributed by atoms with Crippen molar-refractivity contribution in [3.63, 3.8) is 0 Å². The molecule has 1 aromatic carbocycles. The molecular weight excluding hydrogens is 254 g/mol. The van der Waals surface area contributed by atoms with E-state index >= 15 is 0 Å². The van der Waals surface area contributed by atoms with E-state index in [4.69, 9.17) is 0 Å². The second-order valence-electron chi connectivity index (χ2n) is 3.09. The number of hydrogen-bond acceptors (Lipinski definition) is 1. The minimum Gasteiger partial charge on any atom is -0.388 e. The monoisotopic (exact) mass is 264 g/mol. The molecule has 0 aromatic heterocycles. The maximum Gasteiger partial charge on any atom is 0.137 e. The van der Waals surface area contributed by atoms with Crippen LogP contribution in [0.5, 0.6) is 0 Å². The fourth-order valence-electron chi connectivity index (χ4n) is 1.22. The van der Waals surface area contributed by atoms with Crippen molar-refractivity contribution in [1.82, 2.24) is 0 Å². The second-order valence-corrected chi connectivity index (χ2v) is 3.95. The van der Waals surface area contributed by atoms with Gasteiger partial charge in [-0.25, -0.2) is 8.78 Å². The summed E-state index contributed by atoms with van der Waals surface area (Å²) in [5.41, 5.74) is 0.0209. The van der Waals surface area contributed by atoms with Crippen LogP contribution in [0.1, 0.15) is 31.4 Å². The third-order valence-electron chi connectivity index (χ3n) is 1.96. The SMILES string of the molecule is CCCC(O)c1cc(F)c(Br)cc1F. The van der Waals surface area contributed by atoms with Gasteiger partial charge in [0, 0.05) is 5.56 Å². The number of aliphatic hydroxyl groups is 1. The largest absolute Gasteiger partial charge is 0.388 e. The van der Waals surface area contributed by atoms with Gasteiger partial charge in [0.05, 0.1) is 10.6 Å². The molecule has 1 unspecified atom stereocenters. The van der Waals surface area contributed by atoms with Crippen LogP contribution in [0.25, 0.3) is 0 Å². The number of aliphatic hydroxyl groups excluding tert-OH is 1. The molecule has 1 N–H and O–H groups in total. The summed E-state index contributed by atoms with van der Waals surface area (Å²) >= 11 is 2.87. The van der Waals surface area contributed by atoms with Crippen LogP contribution < -0.4 is 0 Å². The summed E-state index contributed by atoms with van der Waals surface area (Å²) in [7, 11) is 0. The van der Waals surface area contributed by atoms with E-state index in [1.165, 1.54) is 0 Å². The summed E-state index contributed by atoms with van der Waals surface area (Å²) in [6, 6.07) is 2.06. The molecule has 0 saturated carbocycles. The van der Waals surface area contributed by atoms with Gasteiger partial charge in [-0.15, -0.1) is 0 Å². The van der Waals surface area contributed by atoms with E-state index in [-0.39, 0.29) is 10.0 Å². The van der Waals surface area contributed by atoms with Crippen LogP contribution in [0.15, 0.2) is 16.6 Å². The molecule has 0 spiro atoms. The molecule has 0 aliphatic heterocycles. The number of halogens is 3. The van der Waals surface area contributed by atoms with Crippen LogP contribution in [0.3, 0.4) is 0 Å². The summed E-state index contributed by atoms with van der Waals surface area (Å²) in [6.07, 6.45) is 0.221. The van der Waals surface area contributed by atoms with Crippen molar-refractivity contribution in [2.75, 3.05) is 0 Å². The van der Waals surface area contributed by atoms with E-state index in [2.05, 4.69) is 15.9 Å². The zero-order chi connectivity index (χ0) is 10.7. The molecule has 0 radical (unpaired) electrons. The van der Waals surface area contributed by atoms with Gasteiger partial charge in [0.2, 0.25) is 0 Å². The van der Waals surface area contributed by atoms with Gasteiger partial charge < -0.3 is 5.11 Å². The summed E-state index contributed by atoms with van der Waals surface area (Å²) in [4.78, 5) is 0. The van der Waals surface area contributed by atoms with Crippen molar-refractivity contribution < 1.29 is 13.9 Å². The molecule has 4 heteroatoms. The van der Waals surface area contributed by atoms with Gasteiger partial charge in [0.25, 0.3) is 0 Å². The van der Waals surface area contributed by atoms with Gasteiger partial charge >= 0.3 is 0 Å². The number of rotatable bonds is 3. The highest BCUT2D eigenvalue weighted by molar-refractivity contribution is 9.10. The predicted octanol–water partition coefficient (Wildman–Crippen LogP) is 3.56. The van der Waals surface area contributed by atoms with Crippen molar-refractivity contribution in [3.05, 3.63) is 33.8 Å². The summed E-state index contributed by atoms with van der Waals surface area (Å²) in [5, 5.41) is 9.49. The number of benzene rings is 1. The van der Waals surface area contributed by atoms with Crippen LogP contribution in [0, 0.1) is 11.6 Å². The highest BCUT2D eigenvalue weighted by atomic mass is 79.9. The molecule has 1 rings (SSSR count). The smallest absolute Gasteiger partial charge is 0.137 e. The van der Waals surface area contributed by atoms with Crippen molar-refractivity contribution in [2.45, 2.75) is 25.9 Å². The van der Waals surface area contributed by atoms with Crippen LogP contribution in [-0.4, -0.2) is 5.11 Å². The zero-order valence-corrected chi connectivity index (χ0v) is 9.31. The van der Waals surface area contributed by atoms with Gasteiger partial charge in [0.1, 0.15) is 11.6 Å². The van der Waals surface area contributed by atoms with Crippen LogP contribution >= 0.6 is 15.9 Å². The Morgan fingerprint density at radius 1 is 1.36 bits per heavy atom. The number of hydrogen-bond donors (Lipinski definition) is 1. The van der Waals surface area contributed by atoms with Gasteiger partial charge in [0.15, 0.2) is 0 Å². The highest BCUT2D eigenvalue weighted by Crippen LogP contribution is 2.26. The lowest BCUT2D eigenvalue weighted by Gasteiger charge is -2.11. The minimum atomic E-state index is -0.928. The van der Waals surface area contributed by atoms with E-state index in [1.54, 1.807) is 0 Å². The first-order chi connectivity index (χ1) is 6.56. The Kier molecular flexibility index (Phi) is 4.01. The molecule has 0 aliphatic rings. The topological polar surface area (TPSA) is 20.2 Å². The highest BCUT2D eigenvalue weighted by Gasteiger charge is 2.14. The minimum absolute atomic E-state index is 0.0209. The third kappa shape index (κ3) is 2.51. The Hall–Kier alpha value is -0.480. The molecule has 0 amide bonds. The molecule has 0 saturated heterocycles. The average Bonchev–Trinajstić information content (AvgIpc) is 2.11. The first kappa shape index (κ1) is 11.6. The average molecular weight is 265 g/mol. The van der Waals surface area contributed by atoms with Crippen LogP contribution in [-0.2, 0) is 0 Å². The first-order valence-corrected chi connectivity index (χ1v) is 5.18. The van der Waals surface area contributed by atoms with Crippen molar-refractivity contribution in [2.24, 2.45) is 0 Å². The molecule has 0 aliphatic carbocycles. The summed E-state index contributed by atoms with van der Waals surface area (Å²) in [5.74, 6) is -1.14. The molecular formula is C10H11BrF2O. The molecule has 1 atom stereocenters. The van der Waals surface area contributed by atoms with E-state index in [1.807, 2.05) is 6.92 Å². The lowest BCUT2D eigenvalue weighted by molar-refractivity contribution is 0.161. The predicted molar refractivity (Wildman–Crippen MR) is 53.9 cm³/mol. The van der Waals surface area contributed by atoms with Crippen molar-refractivity contribution >= 4 is 15.9 Å². The standard InChI is InChI=1S/C10H11BrF2O/c1-2-3-10(14)6-4-9(13)7(11)5-8(6)12/h4-5,10,14H,2-3H2,1H3. The fourth-order valence-corrected chi connectivity index (χ4v) is 1.54. The molecule has 14 heavy (non-hydrogen) atoms. The molecule has 0 bridgehead atoms. The fraction of sp³-hybridized carbons (Fsp3) is 0.400. The molecule has 0 heterocycles. The molecule has 1 nitrogen and oxygen atoms in total. The van der Waals surface area contributed by atoms with Gasteiger partial charge in [-0.3, -0.25) is 0 Å². The normalized spacial score (nSPS) is 12.9. The van der Waals surface area contributed by atoms with Crippen LogP contribution in [0.2, 0.25) is 0 Å². The Bertz CT molecular complexity index is 328. The zero-order valence-electron chi connectivity index (χ0n) is 7.73. The van der Waals surface area contributed by atoms with E-state index < -0.39 is 17.7 Å². The van der Waals surface area contributed by atoms with Gasteiger partial charge in [-0.05, 0) is 34.5 Å². The van der Waals surface area contributed by atoms with E-state index in [0.29, 0.717) is 6.42 Å². The third-order valence-corrected chi connectivity index (χ3v) is 2.57. The van der Waals surface area contributed by atoms with Gasteiger partial charge in [-0.2, -0.15) is 0 Å². The maximum absolute atomic E-state index is 13.2. The van der Waals surface area contributed by atoms with E-state index in [9.17, 15) is 13.9 Å². The van der Waals surface area contributed by atoms with Crippen LogP contribution in [0.4, 0.5) is 8.78 Å². The molecule has 78 valence electrons. The lowest BCUT2D eigenvalue weighted by Crippen LogP contribution is -2.01. The summed E-state index contributed by atoms with van der Waals surface area (Å²) < 4.78 is 26.4. The maximum atomic E-state index is 13.2. The summed E-state index contributed by atoms with van der Waals surface area (Å²) in [6.45, 7) is 1.87. The van der Waals surface area contributed by atoms with E-state index in [0.717, 1.165) is 18.6 Å². The Morgan fingerprint density at radius 2 is 2.00 bits per heavy atom. The Morgan fingerprint density at radius 3 is 2.57 bits per heavy atom. The Balaban J connectivity index is 3.02.